The van der Waals surface area contributed by atoms with Gasteiger partial charge in [-0.3, -0.25) is 4.79 Å². The molecule has 0 heterocycles. The zero-order chi connectivity index (χ0) is 13.9. The second-order valence-corrected chi connectivity index (χ2v) is 4.03. The first-order valence-corrected chi connectivity index (χ1v) is 6.42. The fourth-order valence-corrected chi connectivity index (χ4v) is 1.43. The third-order valence-electron chi connectivity index (χ3n) is 2.43. The molecule has 1 aromatic rings. The molecule has 0 saturated heterocycles. The molecule has 0 spiro atoms. The first-order valence-electron chi connectivity index (χ1n) is 6.42. The normalized spacial score (nSPS) is 10.4. The van der Waals surface area contributed by atoms with Gasteiger partial charge in [0, 0.05) is 12.0 Å². The molecular weight excluding hydrogens is 240 g/mol. The Bertz CT molecular complexity index is 442. The van der Waals surface area contributed by atoms with Crippen molar-refractivity contribution in [3.8, 4) is 5.75 Å². The average Bonchev–Trinajstić information content (AvgIpc) is 2.44. The molecule has 1 N–H and O–H groups in total. The Morgan fingerprint density at radius 1 is 1.47 bits per heavy atom. The number of nitrogens with one attached hydrogen (secondary N) is 1. The number of carbonyl (C=O) groups excluding carboxylic acids is 1. The van der Waals surface area contributed by atoms with Gasteiger partial charge in [-0.05, 0) is 18.6 Å². The van der Waals surface area contributed by atoms with Crippen LogP contribution in [0.1, 0.15) is 31.7 Å². The number of carbonyl (C=O) groups is 1. The van der Waals surface area contributed by atoms with Crippen molar-refractivity contribution in [2.45, 2.75) is 26.2 Å². The van der Waals surface area contributed by atoms with E-state index >= 15 is 0 Å². The van der Waals surface area contributed by atoms with E-state index in [9.17, 15) is 4.79 Å². The lowest BCUT2D eigenvalue weighted by atomic mass is 10.2. The molecule has 102 valence electrons. The molecule has 0 fully saturated rings. The summed E-state index contributed by atoms with van der Waals surface area (Å²) in [6, 6.07) is 7.50. The van der Waals surface area contributed by atoms with Gasteiger partial charge < -0.3 is 4.74 Å². The van der Waals surface area contributed by atoms with Crippen LogP contribution in [-0.2, 0) is 4.79 Å². The molecule has 1 rings (SSSR count). The monoisotopic (exact) mass is 260 g/mol. The Morgan fingerprint density at radius 3 is 3.00 bits per heavy atom. The molecule has 0 aliphatic heterocycles. The minimum atomic E-state index is -0.0670. The summed E-state index contributed by atoms with van der Waals surface area (Å²) in [5.74, 6) is 0.650. The maximum absolute atomic E-state index is 11.4. The number of ether oxygens (including phenoxy) is 1. The van der Waals surface area contributed by atoms with Crippen LogP contribution < -0.4 is 10.2 Å². The van der Waals surface area contributed by atoms with Gasteiger partial charge >= 0.3 is 0 Å². The second kappa shape index (κ2) is 8.91. The minimum Gasteiger partial charge on any atom is -0.489 e. The van der Waals surface area contributed by atoms with Crippen molar-refractivity contribution in [3.05, 3.63) is 42.5 Å². The molecule has 0 aromatic heterocycles. The highest BCUT2D eigenvalue weighted by Crippen LogP contribution is 2.15. The van der Waals surface area contributed by atoms with Crippen LogP contribution in [0.2, 0.25) is 0 Å². The van der Waals surface area contributed by atoms with Gasteiger partial charge in [0.05, 0.1) is 6.21 Å². The summed E-state index contributed by atoms with van der Waals surface area (Å²) in [6.45, 7) is 6.09. The van der Waals surface area contributed by atoms with Crippen molar-refractivity contribution in [3.63, 3.8) is 0 Å². The second-order valence-electron chi connectivity index (χ2n) is 4.03. The predicted molar refractivity (Wildman–Crippen MR) is 77.4 cm³/mol. The first kappa shape index (κ1) is 15.0. The molecule has 0 saturated carbocycles. The number of unbranched alkanes of at least 4 members (excludes halogenated alkanes) is 1. The molecule has 4 nitrogen and oxygen atoms in total. The van der Waals surface area contributed by atoms with Crippen LogP contribution >= 0.6 is 0 Å². The zero-order valence-corrected chi connectivity index (χ0v) is 11.3. The van der Waals surface area contributed by atoms with Gasteiger partial charge in [0.1, 0.15) is 12.4 Å². The van der Waals surface area contributed by atoms with Gasteiger partial charge in [-0.1, -0.05) is 38.1 Å². The summed E-state index contributed by atoms with van der Waals surface area (Å²) in [5.41, 5.74) is 3.32. The van der Waals surface area contributed by atoms with Crippen molar-refractivity contribution in [2.75, 3.05) is 6.61 Å². The first-order chi connectivity index (χ1) is 9.27. The number of hydrazone groups is 1. The highest BCUT2D eigenvalue weighted by atomic mass is 16.5. The highest BCUT2D eigenvalue weighted by Gasteiger charge is 2.00. The van der Waals surface area contributed by atoms with E-state index < -0.39 is 0 Å². The number of nitrogens with zero attached hydrogens (tertiary/aromatic N) is 1. The summed E-state index contributed by atoms with van der Waals surface area (Å²) in [4.78, 5) is 11.4. The Kier molecular flexibility index (Phi) is 7.02. The van der Waals surface area contributed by atoms with Gasteiger partial charge in [0.25, 0.3) is 0 Å². The fraction of sp³-hybridized carbons (Fsp3) is 0.333. The topological polar surface area (TPSA) is 50.7 Å². The van der Waals surface area contributed by atoms with Crippen molar-refractivity contribution in [1.82, 2.24) is 5.43 Å². The van der Waals surface area contributed by atoms with Crippen molar-refractivity contribution in [1.29, 1.82) is 0 Å². The molecule has 0 atom stereocenters. The smallest absolute Gasteiger partial charge is 0.240 e. The maximum atomic E-state index is 11.4. The van der Waals surface area contributed by atoms with Crippen LogP contribution in [-0.4, -0.2) is 18.7 Å². The van der Waals surface area contributed by atoms with Crippen LogP contribution in [0, 0.1) is 0 Å². The molecule has 0 radical (unpaired) electrons. The quantitative estimate of drug-likeness (QED) is 0.444. The summed E-state index contributed by atoms with van der Waals surface area (Å²) in [7, 11) is 0. The Labute approximate surface area is 114 Å². The molecule has 1 amide bonds. The molecule has 4 heteroatoms. The van der Waals surface area contributed by atoms with Crippen LogP contribution in [0.3, 0.4) is 0 Å². The van der Waals surface area contributed by atoms with Gasteiger partial charge in [0.15, 0.2) is 0 Å². The Balaban J connectivity index is 2.55. The summed E-state index contributed by atoms with van der Waals surface area (Å²) in [6.07, 6.45) is 5.64. The number of para-hydroxylation sites is 1. The van der Waals surface area contributed by atoms with E-state index in [-0.39, 0.29) is 5.91 Å². The SMILES string of the molecule is C=CCOc1ccccc1C=NNC(=O)CCCC. The average molecular weight is 260 g/mol. The van der Waals surface area contributed by atoms with E-state index in [1.165, 1.54) is 0 Å². The molecule has 0 unspecified atom stereocenters. The van der Waals surface area contributed by atoms with Crippen LogP contribution in [0.15, 0.2) is 42.0 Å². The van der Waals surface area contributed by atoms with E-state index in [4.69, 9.17) is 4.74 Å². The zero-order valence-electron chi connectivity index (χ0n) is 11.3. The van der Waals surface area contributed by atoms with Crippen molar-refractivity contribution in [2.24, 2.45) is 5.10 Å². The standard InChI is InChI=1S/C15H20N2O2/c1-3-5-10-15(18)17-16-12-13-8-6-7-9-14(13)19-11-4-2/h4,6-9,12H,2-3,5,10-11H2,1H3,(H,17,18). The summed E-state index contributed by atoms with van der Waals surface area (Å²) >= 11 is 0. The minimum absolute atomic E-state index is 0.0670. The number of benzene rings is 1. The van der Waals surface area contributed by atoms with E-state index in [1.54, 1.807) is 12.3 Å². The van der Waals surface area contributed by atoms with Gasteiger partial charge in [0.2, 0.25) is 5.91 Å². The van der Waals surface area contributed by atoms with Crippen molar-refractivity contribution < 1.29 is 9.53 Å². The van der Waals surface area contributed by atoms with Crippen LogP contribution in [0.5, 0.6) is 5.75 Å². The molecule has 0 aliphatic carbocycles. The summed E-state index contributed by atoms with van der Waals surface area (Å²) < 4.78 is 5.49. The van der Waals surface area contributed by atoms with Gasteiger partial charge in [-0.25, -0.2) is 5.43 Å². The molecule has 19 heavy (non-hydrogen) atoms. The van der Waals surface area contributed by atoms with E-state index in [1.807, 2.05) is 31.2 Å². The highest BCUT2D eigenvalue weighted by molar-refractivity contribution is 5.85. The van der Waals surface area contributed by atoms with Crippen molar-refractivity contribution >= 4 is 12.1 Å². The van der Waals surface area contributed by atoms with E-state index in [0.29, 0.717) is 18.8 Å². The molecule has 0 bridgehead atoms. The fourth-order valence-electron chi connectivity index (χ4n) is 1.43. The van der Waals surface area contributed by atoms with E-state index in [2.05, 4.69) is 17.1 Å². The summed E-state index contributed by atoms with van der Waals surface area (Å²) in [5, 5.41) is 3.93. The van der Waals surface area contributed by atoms with Gasteiger partial charge in [-0.15, -0.1) is 0 Å². The Hall–Kier alpha value is -2.10. The number of amides is 1. The van der Waals surface area contributed by atoms with Crippen LogP contribution in [0.4, 0.5) is 0 Å². The molecular formula is C15H20N2O2. The number of hydrogen-bond acceptors (Lipinski definition) is 3. The third-order valence-corrected chi connectivity index (χ3v) is 2.43. The lowest BCUT2D eigenvalue weighted by Gasteiger charge is -2.06. The predicted octanol–water partition coefficient (Wildman–Crippen LogP) is 2.89. The van der Waals surface area contributed by atoms with Gasteiger partial charge in [-0.2, -0.15) is 5.10 Å². The number of rotatable bonds is 8. The Morgan fingerprint density at radius 2 is 2.26 bits per heavy atom. The molecule has 0 aliphatic rings. The third kappa shape index (κ3) is 5.86. The number of hydrogen-bond donors (Lipinski definition) is 1. The van der Waals surface area contributed by atoms with E-state index in [0.717, 1.165) is 18.4 Å². The van der Waals surface area contributed by atoms with Crippen LogP contribution in [0.25, 0.3) is 0 Å². The maximum Gasteiger partial charge on any atom is 0.240 e. The molecule has 1 aromatic carbocycles. The largest absolute Gasteiger partial charge is 0.489 e. The lowest BCUT2D eigenvalue weighted by molar-refractivity contribution is -0.121. The lowest BCUT2D eigenvalue weighted by Crippen LogP contribution is -2.16.